The second kappa shape index (κ2) is 3.98. The van der Waals surface area contributed by atoms with E-state index in [9.17, 15) is 0 Å². The summed E-state index contributed by atoms with van der Waals surface area (Å²) >= 11 is 0. The van der Waals surface area contributed by atoms with Crippen molar-refractivity contribution >= 4 is 0 Å². The Labute approximate surface area is 84.0 Å². The van der Waals surface area contributed by atoms with Crippen molar-refractivity contribution in [1.82, 2.24) is 5.32 Å². The lowest BCUT2D eigenvalue weighted by molar-refractivity contribution is 0.322. The fraction of sp³-hybridized carbons (Fsp3) is 0.455. The number of hydrogen-bond donors (Lipinski definition) is 3. The number of allylic oxidation sites excluding steroid dienone is 2. The van der Waals surface area contributed by atoms with Crippen molar-refractivity contribution in [3.05, 3.63) is 35.6 Å². The predicted molar refractivity (Wildman–Crippen MR) is 56.5 cm³/mol. The number of fused-ring (bicyclic) bond motifs is 1. The van der Waals surface area contributed by atoms with Gasteiger partial charge in [0.1, 0.15) is 0 Å². The third-order valence-corrected chi connectivity index (χ3v) is 2.78. The largest absolute Gasteiger partial charge is 0.390 e. The van der Waals surface area contributed by atoms with Gasteiger partial charge in [0.2, 0.25) is 0 Å². The molecule has 3 nitrogen and oxygen atoms in total. The van der Waals surface area contributed by atoms with Crippen molar-refractivity contribution in [1.29, 1.82) is 0 Å². The minimum atomic E-state index is 0.0940. The minimum absolute atomic E-state index is 0.0940. The van der Waals surface area contributed by atoms with E-state index in [1.807, 2.05) is 0 Å². The number of aliphatic hydroxyl groups excluding tert-OH is 1. The lowest BCUT2D eigenvalue weighted by Gasteiger charge is -2.22. The highest BCUT2D eigenvalue weighted by Gasteiger charge is 2.28. The average molecular weight is 192 g/mol. The monoisotopic (exact) mass is 192 g/mol. The molecule has 0 spiro atoms. The van der Waals surface area contributed by atoms with Gasteiger partial charge in [-0.3, -0.25) is 0 Å². The van der Waals surface area contributed by atoms with Gasteiger partial charge in [-0.25, -0.2) is 0 Å². The molecule has 1 heterocycles. The molecule has 0 saturated carbocycles. The van der Waals surface area contributed by atoms with Gasteiger partial charge >= 0.3 is 0 Å². The molecule has 1 aliphatic carbocycles. The van der Waals surface area contributed by atoms with Crippen LogP contribution in [0.5, 0.6) is 0 Å². The molecule has 0 amide bonds. The van der Waals surface area contributed by atoms with Crippen LogP contribution in [0, 0.1) is 5.92 Å². The standard InChI is InChI=1S/C11H16N2O/c12-5-4-8-2-1-3-11-10(8)6-9(7-14)13-11/h1-3,6,10-11,13-14H,4-5,7,12H2. The predicted octanol–water partition coefficient (Wildman–Crippen LogP) is 0.296. The van der Waals surface area contributed by atoms with Gasteiger partial charge in [-0.15, -0.1) is 0 Å². The van der Waals surface area contributed by atoms with Gasteiger partial charge in [0.15, 0.2) is 0 Å². The molecule has 3 heteroatoms. The summed E-state index contributed by atoms with van der Waals surface area (Å²) in [5.74, 6) is 0.394. The summed E-state index contributed by atoms with van der Waals surface area (Å²) < 4.78 is 0. The van der Waals surface area contributed by atoms with Gasteiger partial charge in [0.25, 0.3) is 0 Å². The van der Waals surface area contributed by atoms with Crippen LogP contribution in [0.1, 0.15) is 6.42 Å². The number of nitrogens with two attached hydrogens (primary N) is 1. The summed E-state index contributed by atoms with van der Waals surface area (Å²) in [7, 11) is 0. The first kappa shape index (κ1) is 9.49. The molecule has 2 atom stereocenters. The van der Waals surface area contributed by atoms with Crippen LogP contribution < -0.4 is 11.1 Å². The zero-order valence-corrected chi connectivity index (χ0v) is 8.11. The normalized spacial score (nSPS) is 29.3. The molecule has 0 bridgehead atoms. The Bertz CT molecular complexity index is 304. The van der Waals surface area contributed by atoms with Gasteiger partial charge in [-0.05, 0) is 13.0 Å². The summed E-state index contributed by atoms with van der Waals surface area (Å²) in [5, 5.41) is 12.3. The van der Waals surface area contributed by atoms with Gasteiger partial charge in [-0.2, -0.15) is 0 Å². The Morgan fingerprint density at radius 1 is 1.50 bits per heavy atom. The van der Waals surface area contributed by atoms with Crippen LogP contribution in [0.25, 0.3) is 0 Å². The van der Waals surface area contributed by atoms with Gasteiger partial charge in [0.05, 0.1) is 12.6 Å². The van der Waals surface area contributed by atoms with Crippen LogP contribution in [-0.2, 0) is 0 Å². The van der Waals surface area contributed by atoms with Gasteiger partial charge < -0.3 is 16.2 Å². The maximum atomic E-state index is 9.03. The third kappa shape index (κ3) is 1.61. The number of rotatable bonds is 3. The molecular weight excluding hydrogens is 176 g/mol. The molecule has 0 fully saturated rings. The second-order valence-electron chi connectivity index (χ2n) is 3.71. The summed E-state index contributed by atoms with van der Waals surface area (Å²) in [4.78, 5) is 0. The first-order valence-corrected chi connectivity index (χ1v) is 5.00. The van der Waals surface area contributed by atoms with Gasteiger partial charge in [0, 0.05) is 11.6 Å². The molecule has 1 aliphatic heterocycles. The first-order chi connectivity index (χ1) is 6.85. The van der Waals surface area contributed by atoms with Crippen LogP contribution in [0.15, 0.2) is 35.6 Å². The van der Waals surface area contributed by atoms with Gasteiger partial charge in [-0.1, -0.05) is 29.9 Å². The molecule has 0 radical (unpaired) electrons. The highest BCUT2D eigenvalue weighted by Crippen LogP contribution is 2.29. The molecule has 2 aliphatic rings. The molecule has 0 aromatic carbocycles. The van der Waals surface area contributed by atoms with Crippen molar-refractivity contribution in [2.75, 3.05) is 13.2 Å². The maximum Gasteiger partial charge on any atom is 0.0824 e. The first-order valence-electron chi connectivity index (χ1n) is 5.00. The van der Waals surface area contributed by atoms with E-state index in [0.717, 1.165) is 12.1 Å². The molecule has 2 rings (SSSR count). The Balaban J connectivity index is 2.16. The molecule has 76 valence electrons. The van der Waals surface area contributed by atoms with Crippen molar-refractivity contribution in [3.8, 4) is 0 Å². The van der Waals surface area contributed by atoms with Crippen molar-refractivity contribution in [3.63, 3.8) is 0 Å². The fourth-order valence-corrected chi connectivity index (χ4v) is 2.10. The Morgan fingerprint density at radius 2 is 2.36 bits per heavy atom. The molecule has 0 saturated heterocycles. The van der Waals surface area contributed by atoms with E-state index in [1.165, 1.54) is 5.57 Å². The van der Waals surface area contributed by atoms with Crippen molar-refractivity contribution < 1.29 is 5.11 Å². The number of aliphatic hydroxyl groups is 1. The van der Waals surface area contributed by atoms with Crippen LogP contribution in [0.4, 0.5) is 0 Å². The second-order valence-corrected chi connectivity index (χ2v) is 3.71. The van der Waals surface area contributed by atoms with E-state index in [1.54, 1.807) is 0 Å². The Morgan fingerprint density at radius 3 is 3.07 bits per heavy atom. The minimum Gasteiger partial charge on any atom is -0.390 e. The fourth-order valence-electron chi connectivity index (χ4n) is 2.10. The molecule has 0 aromatic heterocycles. The topological polar surface area (TPSA) is 58.3 Å². The third-order valence-electron chi connectivity index (χ3n) is 2.78. The molecular formula is C11H16N2O. The average Bonchev–Trinajstić information content (AvgIpc) is 2.62. The molecule has 2 unspecified atom stereocenters. The smallest absolute Gasteiger partial charge is 0.0824 e. The molecule has 4 N–H and O–H groups in total. The summed E-state index contributed by atoms with van der Waals surface area (Å²) in [6.45, 7) is 0.780. The van der Waals surface area contributed by atoms with Crippen molar-refractivity contribution in [2.45, 2.75) is 12.5 Å². The Hall–Kier alpha value is -1.06. The van der Waals surface area contributed by atoms with E-state index >= 15 is 0 Å². The summed E-state index contributed by atoms with van der Waals surface area (Å²) in [5.41, 5.74) is 7.84. The van der Waals surface area contributed by atoms with Crippen LogP contribution in [-0.4, -0.2) is 24.3 Å². The van der Waals surface area contributed by atoms with E-state index in [2.05, 4.69) is 29.6 Å². The summed E-state index contributed by atoms with van der Waals surface area (Å²) in [6.07, 6.45) is 9.36. The zero-order valence-electron chi connectivity index (χ0n) is 8.11. The highest BCUT2D eigenvalue weighted by atomic mass is 16.3. The highest BCUT2D eigenvalue weighted by molar-refractivity contribution is 5.35. The molecule has 14 heavy (non-hydrogen) atoms. The lowest BCUT2D eigenvalue weighted by Crippen LogP contribution is -2.29. The zero-order chi connectivity index (χ0) is 9.97. The van der Waals surface area contributed by atoms with E-state index in [-0.39, 0.29) is 6.61 Å². The molecule has 0 aromatic rings. The van der Waals surface area contributed by atoms with E-state index < -0.39 is 0 Å². The van der Waals surface area contributed by atoms with Crippen LogP contribution in [0.2, 0.25) is 0 Å². The number of nitrogens with one attached hydrogen (secondary N) is 1. The quantitative estimate of drug-likeness (QED) is 0.602. The number of hydrogen-bond acceptors (Lipinski definition) is 3. The van der Waals surface area contributed by atoms with E-state index in [0.29, 0.717) is 18.5 Å². The van der Waals surface area contributed by atoms with Crippen LogP contribution >= 0.6 is 0 Å². The maximum absolute atomic E-state index is 9.03. The summed E-state index contributed by atoms with van der Waals surface area (Å²) in [6, 6.07) is 0.323. The SMILES string of the molecule is NCCC1=CC=CC2NC(CO)=CC12. The Kier molecular flexibility index (Phi) is 2.70. The lowest BCUT2D eigenvalue weighted by atomic mass is 9.87. The van der Waals surface area contributed by atoms with Crippen molar-refractivity contribution in [2.24, 2.45) is 11.7 Å². The van der Waals surface area contributed by atoms with E-state index in [4.69, 9.17) is 10.8 Å². The van der Waals surface area contributed by atoms with Crippen LogP contribution in [0.3, 0.4) is 0 Å².